The number of hydrogen-bond donors (Lipinski definition) is 1. The minimum Gasteiger partial charge on any atom is -0.478 e. The predicted octanol–water partition coefficient (Wildman–Crippen LogP) is 3.06. The quantitative estimate of drug-likeness (QED) is 0.632. The van der Waals surface area contributed by atoms with Crippen molar-refractivity contribution in [2.45, 2.75) is 46.5 Å². The van der Waals surface area contributed by atoms with Crippen LogP contribution in [0.5, 0.6) is 5.88 Å². The van der Waals surface area contributed by atoms with Crippen molar-refractivity contribution in [2.24, 2.45) is 0 Å². The summed E-state index contributed by atoms with van der Waals surface area (Å²) in [5, 5.41) is 3.31. The normalized spacial score (nSPS) is 10.6. The van der Waals surface area contributed by atoms with Gasteiger partial charge in [0.25, 0.3) is 0 Å². The molecule has 0 saturated heterocycles. The number of nitrogens with zero attached hydrogens (tertiary/aromatic N) is 2. The first-order valence-corrected chi connectivity index (χ1v) is 7.62. The number of aryl methyl sites for hydroxylation is 1. The van der Waals surface area contributed by atoms with E-state index in [9.17, 15) is 0 Å². The van der Waals surface area contributed by atoms with E-state index in [0.29, 0.717) is 12.5 Å². The standard InChI is InChI=1S/C15H27N3O2/c1-4-8-13-17-14(16-9-7-11-19-6-3)12-15(18-13)20-10-5-2/h12H,4-11H2,1-3H3,(H,16,17,18). The lowest BCUT2D eigenvalue weighted by molar-refractivity contribution is 0.147. The molecule has 114 valence electrons. The Hall–Kier alpha value is -1.36. The average molecular weight is 281 g/mol. The highest BCUT2D eigenvalue weighted by atomic mass is 16.5. The Morgan fingerprint density at radius 1 is 1.10 bits per heavy atom. The van der Waals surface area contributed by atoms with Gasteiger partial charge in [-0.3, -0.25) is 0 Å². The lowest BCUT2D eigenvalue weighted by Crippen LogP contribution is -2.09. The first-order chi connectivity index (χ1) is 9.80. The van der Waals surface area contributed by atoms with Gasteiger partial charge in [-0.15, -0.1) is 0 Å². The molecule has 0 bridgehead atoms. The van der Waals surface area contributed by atoms with Gasteiger partial charge in [0.1, 0.15) is 11.6 Å². The van der Waals surface area contributed by atoms with Gasteiger partial charge in [-0.05, 0) is 26.2 Å². The van der Waals surface area contributed by atoms with Crippen molar-refractivity contribution in [1.82, 2.24) is 9.97 Å². The van der Waals surface area contributed by atoms with Crippen molar-refractivity contribution in [1.29, 1.82) is 0 Å². The van der Waals surface area contributed by atoms with E-state index in [1.54, 1.807) is 0 Å². The summed E-state index contributed by atoms with van der Waals surface area (Å²) in [6.45, 7) is 9.28. The van der Waals surface area contributed by atoms with Crippen molar-refractivity contribution in [3.63, 3.8) is 0 Å². The van der Waals surface area contributed by atoms with Gasteiger partial charge in [0.2, 0.25) is 5.88 Å². The van der Waals surface area contributed by atoms with Gasteiger partial charge >= 0.3 is 0 Å². The van der Waals surface area contributed by atoms with Gasteiger partial charge in [-0.2, -0.15) is 4.98 Å². The van der Waals surface area contributed by atoms with Crippen molar-refractivity contribution in [3.8, 4) is 5.88 Å². The molecule has 0 atom stereocenters. The molecule has 0 unspecified atom stereocenters. The molecule has 0 radical (unpaired) electrons. The minimum atomic E-state index is 0.664. The smallest absolute Gasteiger partial charge is 0.218 e. The zero-order valence-corrected chi connectivity index (χ0v) is 12.9. The summed E-state index contributed by atoms with van der Waals surface area (Å²) in [6.07, 6.45) is 3.84. The van der Waals surface area contributed by atoms with Gasteiger partial charge < -0.3 is 14.8 Å². The monoisotopic (exact) mass is 281 g/mol. The van der Waals surface area contributed by atoms with Crippen LogP contribution in [-0.4, -0.2) is 36.3 Å². The molecule has 20 heavy (non-hydrogen) atoms. The SMILES string of the molecule is CCCOc1cc(NCCCOCC)nc(CCC)n1. The Bertz CT molecular complexity index is 372. The summed E-state index contributed by atoms with van der Waals surface area (Å²) in [5.41, 5.74) is 0. The fourth-order valence-electron chi connectivity index (χ4n) is 1.71. The van der Waals surface area contributed by atoms with Crippen LogP contribution >= 0.6 is 0 Å². The third-order valence-electron chi connectivity index (χ3n) is 2.65. The third-order valence-corrected chi connectivity index (χ3v) is 2.65. The van der Waals surface area contributed by atoms with E-state index >= 15 is 0 Å². The summed E-state index contributed by atoms with van der Waals surface area (Å²) in [5.74, 6) is 2.34. The number of aromatic nitrogens is 2. The maximum atomic E-state index is 5.61. The summed E-state index contributed by atoms with van der Waals surface area (Å²) in [6, 6.07) is 1.87. The van der Waals surface area contributed by atoms with E-state index in [2.05, 4.69) is 29.1 Å². The molecule has 0 spiro atoms. The molecule has 0 aliphatic rings. The molecule has 1 heterocycles. The molecule has 0 aliphatic heterocycles. The second kappa shape index (κ2) is 10.4. The number of anilines is 1. The third kappa shape index (κ3) is 6.70. The van der Waals surface area contributed by atoms with Crippen molar-refractivity contribution >= 4 is 5.82 Å². The van der Waals surface area contributed by atoms with E-state index in [1.165, 1.54) is 0 Å². The summed E-state index contributed by atoms with van der Waals surface area (Å²) in [7, 11) is 0. The molecule has 0 amide bonds. The number of rotatable bonds is 11. The molecule has 1 N–H and O–H groups in total. The van der Waals surface area contributed by atoms with Crippen molar-refractivity contribution in [3.05, 3.63) is 11.9 Å². The van der Waals surface area contributed by atoms with Gasteiger partial charge in [-0.25, -0.2) is 4.98 Å². The van der Waals surface area contributed by atoms with E-state index in [0.717, 1.165) is 57.1 Å². The zero-order chi connectivity index (χ0) is 14.6. The summed E-state index contributed by atoms with van der Waals surface area (Å²) >= 11 is 0. The van der Waals surface area contributed by atoms with Crippen LogP contribution in [0.15, 0.2) is 6.07 Å². The molecule has 1 aromatic heterocycles. The van der Waals surface area contributed by atoms with Crippen LogP contribution in [0.4, 0.5) is 5.82 Å². The zero-order valence-electron chi connectivity index (χ0n) is 12.9. The van der Waals surface area contributed by atoms with Crippen LogP contribution in [-0.2, 0) is 11.2 Å². The molecule has 1 aromatic rings. The Morgan fingerprint density at radius 3 is 2.65 bits per heavy atom. The van der Waals surface area contributed by atoms with Crippen molar-refractivity contribution in [2.75, 3.05) is 31.7 Å². The molecule has 1 rings (SSSR count). The second-order valence-corrected chi connectivity index (χ2v) is 4.58. The van der Waals surface area contributed by atoms with E-state index in [-0.39, 0.29) is 0 Å². The fourth-order valence-corrected chi connectivity index (χ4v) is 1.71. The number of ether oxygens (including phenoxy) is 2. The van der Waals surface area contributed by atoms with E-state index < -0.39 is 0 Å². The van der Waals surface area contributed by atoms with E-state index in [4.69, 9.17) is 9.47 Å². The fraction of sp³-hybridized carbons (Fsp3) is 0.733. The highest BCUT2D eigenvalue weighted by Crippen LogP contribution is 2.15. The largest absolute Gasteiger partial charge is 0.478 e. The van der Waals surface area contributed by atoms with Crippen LogP contribution in [0.3, 0.4) is 0 Å². The molecule has 5 heteroatoms. The van der Waals surface area contributed by atoms with Crippen LogP contribution in [0.25, 0.3) is 0 Å². The van der Waals surface area contributed by atoms with E-state index in [1.807, 2.05) is 13.0 Å². The average Bonchev–Trinajstić information content (AvgIpc) is 2.45. The maximum absolute atomic E-state index is 5.61. The molecule has 5 nitrogen and oxygen atoms in total. The van der Waals surface area contributed by atoms with Gasteiger partial charge in [-0.1, -0.05) is 13.8 Å². The molecule has 0 aliphatic carbocycles. The lowest BCUT2D eigenvalue weighted by Gasteiger charge is -2.10. The molecule has 0 saturated carbocycles. The van der Waals surface area contributed by atoms with Crippen LogP contribution in [0.2, 0.25) is 0 Å². The Labute approximate surface area is 122 Å². The van der Waals surface area contributed by atoms with Crippen LogP contribution in [0.1, 0.15) is 45.9 Å². The molecular formula is C15H27N3O2. The predicted molar refractivity (Wildman–Crippen MR) is 81.4 cm³/mol. The summed E-state index contributed by atoms with van der Waals surface area (Å²) in [4.78, 5) is 8.93. The topological polar surface area (TPSA) is 56.3 Å². The van der Waals surface area contributed by atoms with Crippen LogP contribution in [0, 0.1) is 0 Å². The first kappa shape index (κ1) is 16.7. The molecule has 0 aromatic carbocycles. The van der Waals surface area contributed by atoms with Gasteiger partial charge in [0.05, 0.1) is 6.61 Å². The second-order valence-electron chi connectivity index (χ2n) is 4.58. The summed E-state index contributed by atoms with van der Waals surface area (Å²) < 4.78 is 10.9. The molecular weight excluding hydrogens is 254 g/mol. The Balaban J connectivity index is 2.55. The van der Waals surface area contributed by atoms with Crippen LogP contribution < -0.4 is 10.1 Å². The number of nitrogens with one attached hydrogen (secondary N) is 1. The lowest BCUT2D eigenvalue weighted by atomic mass is 10.3. The van der Waals surface area contributed by atoms with Crippen molar-refractivity contribution < 1.29 is 9.47 Å². The molecule has 0 fully saturated rings. The Kier molecular flexibility index (Phi) is 8.71. The minimum absolute atomic E-state index is 0.664. The highest BCUT2D eigenvalue weighted by molar-refractivity contribution is 5.38. The maximum Gasteiger partial charge on any atom is 0.218 e. The Morgan fingerprint density at radius 2 is 1.95 bits per heavy atom. The number of hydrogen-bond acceptors (Lipinski definition) is 5. The van der Waals surface area contributed by atoms with Gasteiger partial charge in [0.15, 0.2) is 0 Å². The van der Waals surface area contributed by atoms with Gasteiger partial charge in [0, 0.05) is 32.2 Å². The highest BCUT2D eigenvalue weighted by Gasteiger charge is 2.05. The first-order valence-electron chi connectivity index (χ1n) is 7.62.